The number of anilines is 1. The second-order valence-electron chi connectivity index (χ2n) is 4.33. The van der Waals surface area contributed by atoms with Gasteiger partial charge >= 0.3 is 0 Å². The zero-order valence-electron chi connectivity index (χ0n) is 10.8. The molecule has 98 valence electrons. The molecule has 0 aliphatic heterocycles. The van der Waals surface area contributed by atoms with Crippen molar-refractivity contribution >= 4 is 12.2 Å². The summed E-state index contributed by atoms with van der Waals surface area (Å²) in [5, 5.41) is 4.42. The Kier molecular flexibility index (Phi) is 3.29. The Morgan fingerprint density at radius 3 is 2.30 bits per heavy atom. The van der Waals surface area contributed by atoms with E-state index in [0.29, 0.717) is 5.95 Å². The molecule has 0 saturated heterocycles. The molecular weight excluding hydrogens is 248 g/mol. The third-order valence-corrected chi connectivity index (χ3v) is 2.96. The van der Waals surface area contributed by atoms with Crippen molar-refractivity contribution < 1.29 is 0 Å². The normalized spacial score (nSPS) is 11.0. The van der Waals surface area contributed by atoms with Crippen molar-refractivity contribution in [3.8, 4) is 11.3 Å². The highest BCUT2D eigenvalue weighted by atomic mass is 15.4. The van der Waals surface area contributed by atoms with E-state index in [1.807, 2.05) is 60.7 Å². The molecule has 0 unspecified atom stereocenters. The molecule has 2 N–H and O–H groups in total. The van der Waals surface area contributed by atoms with Gasteiger partial charge in [0.2, 0.25) is 5.95 Å². The quantitative estimate of drug-likeness (QED) is 0.738. The van der Waals surface area contributed by atoms with Crippen LogP contribution in [0.1, 0.15) is 5.56 Å². The monoisotopic (exact) mass is 262 g/mol. The fourth-order valence-corrected chi connectivity index (χ4v) is 1.95. The van der Waals surface area contributed by atoms with E-state index in [4.69, 9.17) is 5.73 Å². The van der Waals surface area contributed by atoms with Crippen LogP contribution in [0, 0.1) is 0 Å². The van der Waals surface area contributed by atoms with Crippen LogP contribution in [0.15, 0.2) is 72.0 Å². The zero-order valence-corrected chi connectivity index (χ0v) is 10.8. The highest BCUT2D eigenvalue weighted by Crippen LogP contribution is 2.21. The molecule has 0 atom stereocenters. The van der Waals surface area contributed by atoms with E-state index >= 15 is 0 Å². The third kappa shape index (κ3) is 2.44. The number of benzene rings is 2. The zero-order chi connectivity index (χ0) is 13.8. The molecule has 0 radical (unpaired) electrons. The van der Waals surface area contributed by atoms with Crippen LogP contribution in [0.25, 0.3) is 11.3 Å². The maximum Gasteiger partial charge on any atom is 0.221 e. The van der Waals surface area contributed by atoms with Gasteiger partial charge in [0.05, 0.1) is 18.1 Å². The summed E-state index contributed by atoms with van der Waals surface area (Å²) in [6, 6.07) is 19.8. The Hall–Kier alpha value is -2.88. The Bertz CT molecular complexity index is 715. The van der Waals surface area contributed by atoms with Gasteiger partial charge in [-0.2, -0.15) is 9.78 Å². The topological polar surface area (TPSA) is 56.2 Å². The molecule has 0 amide bonds. The Morgan fingerprint density at radius 1 is 0.950 bits per heavy atom. The number of nitrogens with two attached hydrogens (primary N) is 1. The molecule has 3 rings (SSSR count). The van der Waals surface area contributed by atoms with Crippen LogP contribution in [0.4, 0.5) is 5.95 Å². The lowest BCUT2D eigenvalue weighted by atomic mass is 10.2. The van der Waals surface area contributed by atoms with Gasteiger partial charge < -0.3 is 5.73 Å². The van der Waals surface area contributed by atoms with Gasteiger partial charge in [-0.3, -0.25) is 0 Å². The minimum absolute atomic E-state index is 0.371. The van der Waals surface area contributed by atoms with E-state index in [-0.39, 0.29) is 0 Å². The highest BCUT2D eigenvalue weighted by Gasteiger charge is 2.07. The molecule has 0 aliphatic rings. The van der Waals surface area contributed by atoms with Gasteiger partial charge in [-0.15, -0.1) is 0 Å². The van der Waals surface area contributed by atoms with Gasteiger partial charge in [0.1, 0.15) is 0 Å². The number of hydrogen-bond acceptors (Lipinski definition) is 3. The summed E-state index contributed by atoms with van der Waals surface area (Å²) >= 11 is 0. The third-order valence-electron chi connectivity index (χ3n) is 2.96. The van der Waals surface area contributed by atoms with E-state index in [1.54, 1.807) is 17.1 Å². The van der Waals surface area contributed by atoms with E-state index in [1.165, 1.54) is 0 Å². The standard InChI is InChI=1S/C16H14N4/c17-16-18-12-15(14-9-5-2-6-10-14)20(16)19-11-13-7-3-1-4-8-13/h1-12H,(H2,17,18). The van der Waals surface area contributed by atoms with Gasteiger partial charge in [0, 0.05) is 5.56 Å². The number of hydrogen-bond donors (Lipinski definition) is 1. The average Bonchev–Trinajstić information content (AvgIpc) is 2.88. The molecule has 4 nitrogen and oxygen atoms in total. The van der Waals surface area contributed by atoms with Gasteiger partial charge in [-0.25, -0.2) is 4.98 Å². The fourth-order valence-electron chi connectivity index (χ4n) is 1.95. The van der Waals surface area contributed by atoms with Crippen molar-refractivity contribution in [1.82, 2.24) is 9.66 Å². The lowest BCUT2D eigenvalue weighted by molar-refractivity contribution is 0.906. The number of nitrogen functional groups attached to an aromatic ring is 1. The maximum atomic E-state index is 5.88. The predicted octanol–water partition coefficient (Wildman–Crippen LogP) is 3.01. The van der Waals surface area contributed by atoms with Crippen molar-refractivity contribution in [2.45, 2.75) is 0 Å². The summed E-state index contributed by atoms with van der Waals surface area (Å²) in [6.45, 7) is 0. The molecule has 20 heavy (non-hydrogen) atoms. The first-order valence-corrected chi connectivity index (χ1v) is 6.32. The molecule has 4 heteroatoms. The molecule has 1 aromatic heterocycles. The second-order valence-corrected chi connectivity index (χ2v) is 4.33. The Morgan fingerprint density at radius 2 is 1.60 bits per heavy atom. The molecule has 0 spiro atoms. The van der Waals surface area contributed by atoms with Crippen LogP contribution >= 0.6 is 0 Å². The van der Waals surface area contributed by atoms with Crippen LogP contribution in [-0.4, -0.2) is 15.9 Å². The van der Waals surface area contributed by atoms with Crippen LogP contribution in [0.3, 0.4) is 0 Å². The molecule has 3 aromatic rings. The van der Waals surface area contributed by atoms with Crippen molar-refractivity contribution in [1.29, 1.82) is 0 Å². The summed E-state index contributed by atoms with van der Waals surface area (Å²) in [7, 11) is 0. The minimum atomic E-state index is 0.371. The Balaban J connectivity index is 1.98. The van der Waals surface area contributed by atoms with E-state index in [9.17, 15) is 0 Å². The van der Waals surface area contributed by atoms with Crippen molar-refractivity contribution in [3.63, 3.8) is 0 Å². The number of rotatable bonds is 3. The highest BCUT2D eigenvalue weighted by molar-refractivity contribution is 5.79. The molecule has 0 bridgehead atoms. The SMILES string of the molecule is Nc1ncc(-c2ccccc2)n1N=Cc1ccccc1. The number of nitrogens with zero attached hydrogens (tertiary/aromatic N) is 3. The van der Waals surface area contributed by atoms with E-state index in [2.05, 4.69) is 10.1 Å². The average molecular weight is 262 g/mol. The van der Waals surface area contributed by atoms with Crippen LogP contribution in [0.5, 0.6) is 0 Å². The van der Waals surface area contributed by atoms with Gasteiger partial charge in [0.15, 0.2) is 0 Å². The lowest BCUT2D eigenvalue weighted by Gasteiger charge is -2.03. The molecule has 1 heterocycles. The summed E-state index contributed by atoms with van der Waals surface area (Å²) in [4.78, 5) is 4.13. The van der Waals surface area contributed by atoms with Gasteiger partial charge in [-0.1, -0.05) is 60.7 Å². The van der Waals surface area contributed by atoms with Crippen molar-refractivity contribution in [2.75, 3.05) is 5.73 Å². The minimum Gasteiger partial charge on any atom is -0.368 e. The molecule has 0 fully saturated rings. The second kappa shape index (κ2) is 5.40. The van der Waals surface area contributed by atoms with Crippen LogP contribution in [-0.2, 0) is 0 Å². The summed E-state index contributed by atoms with van der Waals surface area (Å²) in [6.07, 6.45) is 3.50. The van der Waals surface area contributed by atoms with Crippen molar-refractivity contribution in [2.24, 2.45) is 5.10 Å². The van der Waals surface area contributed by atoms with E-state index in [0.717, 1.165) is 16.8 Å². The first kappa shape index (κ1) is 12.2. The van der Waals surface area contributed by atoms with Crippen LogP contribution in [0.2, 0.25) is 0 Å². The first-order chi connectivity index (χ1) is 9.84. The van der Waals surface area contributed by atoms with Crippen molar-refractivity contribution in [3.05, 3.63) is 72.4 Å². The predicted molar refractivity (Wildman–Crippen MR) is 81.5 cm³/mol. The smallest absolute Gasteiger partial charge is 0.221 e. The summed E-state index contributed by atoms with van der Waals surface area (Å²) < 4.78 is 1.64. The van der Waals surface area contributed by atoms with E-state index < -0.39 is 0 Å². The largest absolute Gasteiger partial charge is 0.368 e. The number of aromatic nitrogens is 2. The molecule has 0 saturated carbocycles. The summed E-state index contributed by atoms with van der Waals surface area (Å²) in [5.41, 5.74) is 8.79. The Labute approximate surface area is 117 Å². The molecule has 0 aliphatic carbocycles. The molecular formula is C16H14N4. The lowest BCUT2D eigenvalue weighted by Crippen LogP contribution is -2.00. The van der Waals surface area contributed by atoms with Gasteiger partial charge in [0.25, 0.3) is 0 Å². The number of imidazole rings is 1. The van der Waals surface area contributed by atoms with Crippen LogP contribution < -0.4 is 5.73 Å². The fraction of sp³-hybridized carbons (Fsp3) is 0. The molecule has 2 aromatic carbocycles. The maximum absolute atomic E-state index is 5.88. The van der Waals surface area contributed by atoms with Gasteiger partial charge in [-0.05, 0) is 5.56 Å². The summed E-state index contributed by atoms with van der Waals surface area (Å²) in [5.74, 6) is 0.371. The first-order valence-electron chi connectivity index (χ1n) is 6.32.